The number of rotatable bonds is 1. The van der Waals surface area contributed by atoms with Gasteiger partial charge in [-0.05, 0) is 19.1 Å². The molecule has 0 radical (unpaired) electrons. The van der Waals surface area contributed by atoms with E-state index >= 15 is 0 Å². The second-order valence-electron chi connectivity index (χ2n) is 3.10. The van der Waals surface area contributed by atoms with Crippen molar-refractivity contribution < 1.29 is 4.74 Å². The highest BCUT2D eigenvalue weighted by atomic mass is 16.5. The van der Waals surface area contributed by atoms with Gasteiger partial charge in [0.25, 0.3) is 0 Å². The Hall–Kier alpha value is -1.84. The van der Waals surface area contributed by atoms with Crippen molar-refractivity contribution in [1.82, 2.24) is 9.97 Å². The summed E-state index contributed by atoms with van der Waals surface area (Å²) in [6.07, 6.45) is 0. The number of aromatic nitrogens is 2. The van der Waals surface area contributed by atoms with E-state index in [0.29, 0.717) is 5.88 Å². The molecule has 0 atom stereocenters. The molecular formula is C10H10N2O2. The highest BCUT2D eigenvalue weighted by molar-refractivity contribution is 5.83. The molecule has 0 spiro atoms. The molecule has 4 nitrogen and oxygen atoms in total. The Morgan fingerprint density at radius 3 is 2.93 bits per heavy atom. The molecule has 72 valence electrons. The largest absolute Gasteiger partial charge is 0.480 e. The molecule has 0 aliphatic heterocycles. The third kappa shape index (κ3) is 1.35. The zero-order chi connectivity index (χ0) is 10.1. The molecule has 1 heterocycles. The molecule has 2 rings (SSSR count). The van der Waals surface area contributed by atoms with Crippen LogP contribution in [0.5, 0.6) is 5.88 Å². The summed E-state index contributed by atoms with van der Waals surface area (Å²) in [6.45, 7) is 1.98. The summed E-state index contributed by atoms with van der Waals surface area (Å²) in [4.78, 5) is 17.5. The fourth-order valence-electron chi connectivity index (χ4n) is 1.40. The number of aryl methyl sites for hydroxylation is 1. The zero-order valence-corrected chi connectivity index (χ0v) is 8.00. The van der Waals surface area contributed by atoms with Crippen LogP contribution in [0.4, 0.5) is 0 Å². The van der Waals surface area contributed by atoms with Gasteiger partial charge in [-0.1, -0.05) is 11.6 Å². The number of aromatic amines is 1. The molecule has 0 fully saturated rings. The zero-order valence-electron chi connectivity index (χ0n) is 8.00. The van der Waals surface area contributed by atoms with Gasteiger partial charge in [-0.2, -0.15) is 4.98 Å². The summed E-state index contributed by atoms with van der Waals surface area (Å²) in [7, 11) is 1.50. The lowest BCUT2D eigenvalue weighted by atomic mass is 10.2. The van der Waals surface area contributed by atoms with E-state index in [-0.39, 0.29) is 0 Å². The maximum absolute atomic E-state index is 11.1. The number of nitrogens with zero attached hydrogens (tertiary/aromatic N) is 1. The van der Waals surface area contributed by atoms with Crippen molar-refractivity contribution >= 4 is 10.9 Å². The number of fused-ring (bicyclic) bond motifs is 1. The standard InChI is InChI=1S/C10H10N2O2/c1-6-3-4-8-7(5-6)9(14-2)12-10(13)11-8/h3-5H,1-2H3,(H,11,12,13). The molecule has 0 bridgehead atoms. The van der Waals surface area contributed by atoms with E-state index in [1.807, 2.05) is 25.1 Å². The van der Waals surface area contributed by atoms with Crippen LogP contribution in [-0.4, -0.2) is 17.1 Å². The van der Waals surface area contributed by atoms with Crippen LogP contribution in [0, 0.1) is 6.92 Å². The fraction of sp³-hybridized carbons (Fsp3) is 0.200. The summed E-state index contributed by atoms with van der Waals surface area (Å²) in [5.74, 6) is 0.368. The molecule has 1 aromatic heterocycles. The summed E-state index contributed by atoms with van der Waals surface area (Å²) < 4.78 is 5.03. The van der Waals surface area contributed by atoms with Gasteiger partial charge in [0.2, 0.25) is 5.88 Å². The minimum atomic E-state index is -0.391. The van der Waals surface area contributed by atoms with Crippen LogP contribution in [-0.2, 0) is 0 Å². The fourth-order valence-corrected chi connectivity index (χ4v) is 1.40. The second-order valence-corrected chi connectivity index (χ2v) is 3.10. The first kappa shape index (κ1) is 8.74. The lowest BCUT2D eigenvalue weighted by molar-refractivity contribution is 0.401. The average Bonchev–Trinajstić information content (AvgIpc) is 2.17. The van der Waals surface area contributed by atoms with Gasteiger partial charge < -0.3 is 9.72 Å². The number of H-pyrrole nitrogens is 1. The van der Waals surface area contributed by atoms with Crippen LogP contribution < -0.4 is 10.4 Å². The van der Waals surface area contributed by atoms with E-state index < -0.39 is 5.69 Å². The normalized spacial score (nSPS) is 10.4. The summed E-state index contributed by atoms with van der Waals surface area (Å²) in [5.41, 5.74) is 1.45. The molecule has 14 heavy (non-hydrogen) atoms. The Labute approximate surface area is 80.6 Å². The molecule has 0 aliphatic carbocycles. The average molecular weight is 190 g/mol. The molecule has 4 heteroatoms. The van der Waals surface area contributed by atoms with E-state index in [1.165, 1.54) is 7.11 Å². The Morgan fingerprint density at radius 2 is 2.21 bits per heavy atom. The topological polar surface area (TPSA) is 55.0 Å². The van der Waals surface area contributed by atoms with E-state index in [4.69, 9.17) is 4.74 Å². The van der Waals surface area contributed by atoms with Crippen LogP contribution in [0.25, 0.3) is 10.9 Å². The van der Waals surface area contributed by atoms with Crippen LogP contribution in [0.15, 0.2) is 23.0 Å². The molecular weight excluding hydrogens is 180 g/mol. The number of hydrogen-bond acceptors (Lipinski definition) is 3. The number of hydrogen-bond donors (Lipinski definition) is 1. The first-order chi connectivity index (χ1) is 6.70. The summed E-state index contributed by atoms with van der Waals surface area (Å²) in [6, 6.07) is 5.70. The van der Waals surface area contributed by atoms with Crippen LogP contribution in [0.2, 0.25) is 0 Å². The van der Waals surface area contributed by atoms with Crippen LogP contribution in [0.1, 0.15) is 5.56 Å². The van der Waals surface area contributed by atoms with Gasteiger partial charge in [0.1, 0.15) is 0 Å². The molecule has 0 amide bonds. The van der Waals surface area contributed by atoms with Crippen LogP contribution in [0.3, 0.4) is 0 Å². The summed E-state index contributed by atoms with van der Waals surface area (Å²) >= 11 is 0. The van der Waals surface area contributed by atoms with Crippen molar-refractivity contribution in [3.8, 4) is 5.88 Å². The molecule has 2 aromatic rings. The van der Waals surface area contributed by atoms with Crippen molar-refractivity contribution in [1.29, 1.82) is 0 Å². The van der Waals surface area contributed by atoms with E-state index in [1.54, 1.807) is 0 Å². The number of methoxy groups -OCH3 is 1. The molecule has 0 saturated carbocycles. The van der Waals surface area contributed by atoms with E-state index in [2.05, 4.69) is 9.97 Å². The van der Waals surface area contributed by atoms with Crippen molar-refractivity contribution in [3.63, 3.8) is 0 Å². The minimum Gasteiger partial charge on any atom is -0.480 e. The van der Waals surface area contributed by atoms with Gasteiger partial charge in [-0.15, -0.1) is 0 Å². The Morgan fingerprint density at radius 1 is 1.43 bits per heavy atom. The van der Waals surface area contributed by atoms with Crippen molar-refractivity contribution in [2.45, 2.75) is 6.92 Å². The van der Waals surface area contributed by atoms with Gasteiger partial charge in [0.05, 0.1) is 18.0 Å². The Kier molecular flexibility index (Phi) is 1.96. The second kappa shape index (κ2) is 3.14. The van der Waals surface area contributed by atoms with Gasteiger partial charge in [0, 0.05) is 0 Å². The number of benzene rings is 1. The third-order valence-corrected chi connectivity index (χ3v) is 2.04. The lowest BCUT2D eigenvalue weighted by Crippen LogP contribution is -2.11. The van der Waals surface area contributed by atoms with Crippen molar-refractivity contribution in [3.05, 3.63) is 34.2 Å². The molecule has 1 N–H and O–H groups in total. The quantitative estimate of drug-likeness (QED) is 0.736. The highest BCUT2D eigenvalue weighted by Crippen LogP contribution is 2.20. The Balaban J connectivity index is 2.88. The van der Waals surface area contributed by atoms with Gasteiger partial charge in [0.15, 0.2) is 0 Å². The SMILES string of the molecule is COc1nc(=O)[nH]c2ccc(C)cc12. The number of ether oxygens (including phenoxy) is 1. The Bertz CT molecular complexity index is 531. The lowest BCUT2D eigenvalue weighted by Gasteiger charge is -2.03. The smallest absolute Gasteiger partial charge is 0.348 e. The minimum absolute atomic E-state index is 0.368. The monoisotopic (exact) mass is 190 g/mol. The third-order valence-electron chi connectivity index (χ3n) is 2.04. The maximum Gasteiger partial charge on any atom is 0.348 e. The van der Waals surface area contributed by atoms with Gasteiger partial charge in [-0.25, -0.2) is 4.79 Å². The maximum atomic E-state index is 11.1. The van der Waals surface area contributed by atoms with E-state index in [0.717, 1.165) is 16.5 Å². The van der Waals surface area contributed by atoms with E-state index in [9.17, 15) is 4.79 Å². The summed E-state index contributed by atoms with van der Waals surface area (Å²) in [5, 5.41) is 0.826. The van der Waals surface area contributed by atoms with Crippen molar-refractivity contribution in [2.24, 2.45) is 0 Å². The number of nitrogens with one attached hydrogen (secondary N) is 1. The first-order valence-corrected chi connectivity index (χ1v) is 4.25. The predicted octanol–water partition coefficient (Wildman–Crippen LogP) is 1.24. The van der Waals surface area contributed by atoms with Crippen molar-refractivity contribution in [2.75, 3.05) is 7.11 Å². The first-order valence-electron chi connectivity index (χ1n) is 4.25. The molecule has 1 aromatic carbocycles. The molecule has 0 unspecified atom stereocenters. The predicted molar refractivity (Wildman–Crippen MR) is 53.7 cm³/mol. The molecule has 0 saturated heterocycles. The molecule has 0 aliphatic rings. The van der Waals surface area contributed by atoms with Gasteiger partial charge in [-0.3, -0.25) is 0 Å². The highest BCUT2D eigenvalue weighted by Gasteiger charge is 2.04. The van der Waals surface area contributed by atoms with Crippen LogP contribution >= 0.6 is 0 Å². The van der Waals surface area contributed by atoms with Gasteiger partial charge >= 0.3 is 5.69 Å².